The van der Waals surface area contributed by atoms with Gasteiger partial charge in [-0.3, -0.25) is 5.32 Å². The Bertz CT molecular complexity index is 588. The van der Waals surface area contributed by atoms with E-state index in [9.17, 15) is 4.79 Å². The molecular formula is C15H15NO2S2. The zero-order chi connectivity index (χ0) is 14.4. The Morgan fingerprint density at radius 2 is 1.80 bits per heavy atom. The SMILES string of the molecule is CSc1ccc(NC(=O)Oc2ccccc2)c(SC)c1. The van der Waals surface area contributed by atoms with Crippen molar-refractivity contribution < 1.29 is 9.53 Å². The van der Waals surface area contributed by atoms with Gasteiger partial charge in [0.1, 0.15) is 5.75 Å². The summed E-state index contributed by atoms with van der Waals surface area (Å²) in [6.07, 6.45) is 3.52. The monoisotopic (exact) mass is 305 g/mol. The molecule has 0 saturated heterocycles. The molecule has 0 saturated carbocycles. The van der Waals surface area contributed by atoms with Gasteiger partial charge < -0.3 is 4.74 Å². The van der Waals surface area contributed by atoms with Crippen molar-refractivity contribution >= 4 is 35.3 Å². The van der Waals surface area contributed by atoms with Crippen LogP contribution >= 0.6 is 23.5 Å². The number of anilines is 1. The van der Waals surface area contributed by atoms with Gasteiger partial charge in [0.25, 0.3) is 0 Å². The summed E-state index contributed by atoms with van der Waals surface area (Å²) in [7, 11) is 0. The molecule has 2 aromatic carbocycles. The van der Waals surface area contributed by atoms with E-state index in [1.807, 2.05) is 48.9 Å². The lowest BCUT2D eigenvalue weighted by Crippen LogP contribution is -2.17. The van der Waals surface area contributed by atoms with E-state index >= 15 is 0 Å². The summed E-state index contributed by atoms with van der Waals surface area (Å²) in [4.78, 5) is 14.0. The number of benzene rings is 2. The molecule has 1 N–H and O–H groups in total. The van der Waals surface area contributed by atoms with E-state index in [1.54, 1.807) is 35.7 Å². The summed E-state index contributed by atoms with van der Waals surface area (Å²) in [6.45, 7) is 0. The normalized spacial score (nSPS) is 10.1. The van der Waals surface area contributed by atoms with Crippen molar-refractivity contribution in [3.63, 3.8) is 0 Å². The lowest BCUT2D eigenvalue weighted by molar-refractivity contribution is 0.215. The van der Waals surface area contributed by atoms with Gasteiger partial charge in [-0.2, -0.15) is 0 Å². The van der Waals surface area contributed by atoms with Crippen molar-refractivity contribution in [3.05, 3.63) is 48.5 Å². The van der Waals surface area contributed by atoms with Gasteiger partial charge in [0.15, 0.2) is 0 Å². The topological polar surface area (TPSA) is 38.3 Å². The average molecular weight is 305 g/mol. The fourth-order valence-electron chi connectivity index (χ4n) is 1.63. The van der Waals surface area contributed by atoms with Gasteiger partial charge in [0.05, 0.1) is 5.69 Å². The minimum Gasteiger partial charge on any atom is -0.410 e. The van der Waals surface area contributed by atoms with Crippen molar-refractivity contribution in [1.29, 1.82) is 0 Å². The third kappa shape index (κ3) is 3.95. The second-order valence-corrected chi connectivity index (χ2v) is 5.62. The maximum Gasteiger partial charge on any atom is 0.417 e. The molecule has 5 heteroatoms. The number of rotatable bonds is 4. The molecule has 0 fully saturated rings. The number of ether oxygens (including phenoxy) is 1. The Hall–Kier alpha value is -1.59. The summed E-state index contributed by atoms with van der Waals surface area (Å²) >= 11 is 3.26. The number of nitrogens with one attached hydrogen (secondary N) is 1. The molecule has 20 heavy (non-hydrogen) atoms. The van der Waals surface area contributed by atoms with Gasteiger partial charge in [-0.05, 0) is 42.8 Å². The van der Waals surface area contributed by atoms with Crippen molar-refractivity contribution in [2.24, 2.45) is 0 Å². The first-order chi connectivity index (χ1) is 9.72. The van der Waals surface area contributed by atoms with Crippen molar-refractivity contribution in [1.82, 2.24) is 0 Å². The van der Waals surface area contributed by atoms with Crippen LogP contribution in [0, 0.1) is 0 Å². The first-order valence-corrected chi connectivity index (χ1v) is 8.44. The van der Waals surface area contributed by atoms with E-state index < -0.39 is 6.09 Å². The first kappa shape index (κ1) is 14.8. The average Bonchev–Trinajstić information content (AvgIpc) is 2.48. The van der Waals surface area contributed by atoms with E-state index in [1.165, 1.54) is 0 Å². The quantitative estimate of drug-likeness (QED) is 0.828. The Morgan fingerprint density at radius 1 is 1.05 bits per heavy atom. The standard InChI is InChI=1S/C15H15NO2S2/c1-19-12-8-9-13(14(10-12)20-2)16-15(17)18-11-6-4-3-5-7-11/h3-10H,1-2H3,(H,16,17). The van der Waals surface area contributed by atoms with E-state index in [0.717, 1.165) is 15.5 Å². The van der Waals surface area contributed by atoms with E-state index in [4.69, 9.17) is 4.74 Å². The molecule has 0 atom stereocenters. The molecule has 1 amide bonds. The number of hydrogen-bond donors (Lipinski definition) is 1. The van der Waals surface area contributed by atoms with Gasteiger partial charge in [-0.25, -0.2) is 4.79 Å². The van der Waals surface area contributed by atoms with Gasteiger partial charge in [-0.1, -0.05) is 18.2 Å². The van der Waals surface area contributed by atoms with Gasteiger partial charge >= 0.3 is 6.09 Å². The highest BCUT2D eigenvalue weighted by Gasteiger charge is 2.09. The van der Waals surface area contributed by atoms with Gasteiger partial charge in [0.2, 0.25) is 0 Å². The molecule has 0 unspecified atom stereocenters. The first-order valence-electron chi connectivity index (χ1n) is 5.99. The van der Waals surface area contributed by atoms with Crippen molar-refractivity contribution in [2.75, 3.05) is 17.8 Å². The highest BCUT2D eigenvalue weighted by atomic mass is 32.2. The zero-order valence-corrected chi connectivity index (χ0v) is 12.9. The van der Waals surface area contributed by atoms with Crippen LogP contribution in [-0.2, 0) is 0 Å². The molecule has 3 nitrogen and oxygen atoms in total. The number of amides is 1. The minimum atomic E-state index is -0.483. The number of para-hydroxylation sites is 1. The van der Waals surface area contributed by atoms with Gasteiger partial charge in [-0.15, -0.1) is 23.5 Å². The van der Waals surface area contributed by atoms with Crippen LogP contribution in [-0.4, -0.2) is 18.6 Å². The van der Waals surface area contributed by atoms with Crippen LogP contribution in [0.2, 0.25) is 0 Å². The second-order valence-electron chi connectivity index (χ2n) is 3.89. The van der Waals surface area contributed by atoms with Crippen LogP contribution in [0.25, 0.3) is 0 Å². The fourth-order valence-corrected chi connectivity index (χ4v) is 2.73. The fraction of sp³-hybridized carbons (Fsp3) is 0.133. The molecule has 0 aliphatic heterocycles. The Morgan fingerprint density at radius 3 is 2.45 bits per heavy atom. The molecular weight excluding hydrogens is 290 g/mol. The number of thioether (sulfide) groups is 2. The highest BCUT2D eigenvalue weighted by molar-refractivity contribution is 7.99. The largest absolute Gasteiger partial charge is 0.417 e. The maximum absolute atomic E-state index is 11.9. The predicted octanol–water partition coefficient (Wildman–Crippen LogP) is 4.74. The Labute approximate surface area is 127 Å². The highest BCUT2D eigenvalue weighted by Crippen LogP contribution is 2.30. The van der Waals surface area contributed by atoms with Gasteiger partial charge in [0, 0.05) is 9.79 Å². The molecule has 0 spiro atoms. The van der Waals surface area contributed by atoms with E-state index in [0.29, 0.717) is 5.75 Å². The summed E-state index contributed by atoms with van der Waals surface area (Å²) in [5.74, 6) is 0.524. The summed E-state index contributed by atoms with van der Waals surface area (Å²) < 4.78 is 5.21. The summed E-state index contributed by atoms with van der Waals surface area (Å²) in [5, 5.41) is 2.77. The lowest BCUT2D eigenvalue weighted by Gasteiger charge is -2.11. The van der Waals surface area contributed by atoms with Crippen LogP contribution in [0.3, 0.4) is 0 Å². The number of hydrogen-bond acceptors (Lipinski definition) is 4. The summed E-state index contributed by atoms with van der Waals surface area (Å²) in [6, 6.07) is 14.9. The Balaban J connectivity index is 2.07. The van der Waals surface area contributed by atoms with Crippen molar-refractivity contribution in [2.45, 2.75) is 9.79 Å². The van der Waals surface area contributed by atoms with Crippen LogP contribution in [0.4, 0.5) is 10.5 Å². The molecule has 0 bridgehead atoms. The van der Waals surface area contributed by atoms with Crippen LogP contribution in [0.1, 0.15) is 0 Å². The van der Waals surface area contributed by atoms with E-state index in [-0.39, 0.29) is 0 Å². The molecule has 0 radical (unpaired) electrons. The molecule has 0 aliphatic rings. The second kappa shape index (κ2) is 7.26. The third-order valence-corrected chi connectivity index (χ3v) is 4.10. The van der Waals surface area contributed by atoms with Crippen molar-refractivity contribution in [3.8, 4) is 5.75 Å². The third-order valence-electron chi connectivity index (χ3n) is 2.60. The Kier molecular flexibility index (Phi) is 5.38. The lowest BCUT2D eigenvalue weighted by atomic mass is 10.3. The van der Waals surface area contributed by atoms with Crippen LogP contribution in [0.15, 0.2) is 58.3 Å². The minimum absolute atomic E-state index is 0.483. The molecule has 2 rings (SSSR count). The van der Waals surface area contributed by atoms with Crippen LogP contribution in [0.5, 0.6) is 5.75 Å². The molecule has 0 heterocycles. The van der Waals surface area contributed by atoms with E-state index in [2.05, 4.69) is 5.32 Å². The molecule has 2 aromatic rings. The predicted molar refractivity (Wildman–Crippen MR) is 86.1 cm³/mol. The molecule has 0 aromatic heterocycles. The molecule has 104 valence electrons. The number of carbonyl (C=O) groups is 1. The smallest absolute Gasteiger partial charge is 0.410 e. The maximum atomic E-state index is 11.9. The summed E-state index contributed by atoms with van der Waals surface area (Å²) in [5.41, 5.74) is 0.760. The number of carbonyl (C=O) groups excluding carboxylic acids is 1. The van der Waals surface area contributed by atoms with Crippen LogP contribution < -0.4 is 10.1 Å². The zero-order valence-electron chi connectivity index (χ0n) is 11.3. The molecule has 0 aliphatic carbocycles.